The van der Waals surface area contributed by atoms with E-state index in [4.69, 9.17) is 11.5 Å². The van der Waals surface area contributed by atoms with Crippen LogP contribution in [0.2, 0.25) is 0 Å². The van der Waals surface area contributed by atoms with Gasteiger partial charge >= 0.3 is 0 Å². The minimum atomic E-state index is -0.0860. The first-order chi connectivity index (χ1) is 9.56. The fourth-order valence-corrected chi connectivity index (χ4v) is 3.21. The number of hydrogen-bond acceptors (Lipinski definition) is 6. The van der Waals surface area contributed by atoms with Gasteiger partial charge in [0.25, 0.3) is 5.91 Å². The molecule has 0 aromatic carbocycles. The Balaban J connectivity index is 2.18. The van der Waals surface area contributed by atoms with Gasteiger partial charge in [0.2, 0.25) is 0 Å². The fraction of sp³-hybridized carbons (Fsp3) is 0.538. The highest BCUT2D eigenvalue weighted by molar-refractivity contribution is 7.18. The second-order valence-electron chi connectivity index (χ2n) is 4.84. The molecule has 1 fully saturated rings. The first kappa shape index (κ1) is 14.8. The number of amides is 1. The molecule has 1 saturated heterocycles. The Morgan fingerprint density at radius 3 is 3.00 bits per heavy atom. The molecule has 0 spiro atoms. The molecule has 0 saturated carbocycles. The Bertz CT molecular complexity index is 501. The van der Waals surface area contributed by atoms with Gasteiger partial charge < -0.3 is 21.3 Å². The summed E-state index contributed by atoms with van der Waals surface area (Å²) in [6.45, 7) is 8.36. The average Bonchev–Trinajstić information content (AvgIpc) is 3.01. The molecule has 0 bridgehead atoms. The third-order valence-electron chi connectivity index (χ3n) is 3.35. The smallest absolute Gasteiger partial charge is 0.268 e. The fourth-order valence-electron chi connectivity index (χ4n) is 2.22. The Hall–Kier alpha value is -1.60. The van der Waals surface area contributed by atoms with Crippen molar-refractivity contribution in [3.63, 3.8) is 0 Å². The summed E-state index contributed by atoms with van der Waals surface area (Å²) in [6, 6.07) is 0.173. The van der Waals surface area contributed by atoms with Crippen LogP contribution in [0, 0.1) is 0 Å². The van der Waals surface area contributed by atoms with Gasteiger partial charge in [-0.15, -0.1) is 6.58 Å². The molecule has 1 aliphatic rings. The highest BCUT2D eigenvalue weighted by Gasteiger charge is 2.26. The molecule has 0 radical (unpaired) electrons. The molecule has 1 atom stereocenters. The van der Waals surface area contributed by atoms with E-state index >= 15 is 0 Å². The zero-order valence-corrected chi connectivity index (χ0v) is 12.5. The summed E-state index contributed by atoms with van der Waals surface area (Å²) < 4.78 is 0. The molecule has 110 valence electrons. The van der Waals surface area contributed by atoms with Crippen molar-refractivity contribution in [2.75, 3.05) is 36.8 Å². The van der Waals surface area contributed by atoms with E-state index in [9.17, 15) is 4.79 Å². The van der Waals surface area contributed by atoms with Gasteiger partial charge in [-0.25, -0.2) is 4.98 Å². The van der Waals surface area contributed by atoms with Crippen molar-refractivity contribution in [3.05, 3.63) is 17.5 Å². The van der Waals surface area contributed by atoms with E-state index in [1.807, 2.05) is 6.92 Å². The summed E-state index contributed by atoms with van der Waals surface area (Å²) in [7, 11) is 0. The lowest BCUT2D eigenvalue weighted by molar-refractivity contribution is 0.0787. The average molecular weight is 295 g/mol. The van der Waals surface area contributed by atoms with Crippen molar-refractivity contribution in [1.29, 1.82) is 0 Å². The number of nitrogens with two attached hydrogens (primary N) is 2. The number of nitrogens with zero attached hydrogens (tertiary/aromatic N) is 3. The molecule has 0 aliphatic carbocycles. The normalized spacial score (nSPS) is 18.3. The van der Waals surface area contributed by atoms with E-state index in [-0.39, 0.29) is 11.9 Å². The van der Waals surface area contributed by atoms with Crippen LogP contribution in [-0.2, 0) is 0 Å². The molecule has 1 aliphatic heterocycles. The third-order valence-corrected chi connectivity index (χ3v) is 4.47. The number of rotatable bonds is 5. The number of anilines is 2. The summed E-state index contributed by atoms with van der Waals surface area (Å²) >= 11 is 1.35. The van der Waals surface area contributed by atoms with Crippen molar-refractivity contribution < 1.29 is 4.79 Å². The highest BCUT2D eigenvalue weighted by atomic mass is 32.1. The minimum Gasteiger partial charge on any atom is -0.382 e. The van der Waals surface area contributed by atoms with Crippen LogP contribution in [0.1, 0.15) is 23.0 Å². The van der Waals surface area contributed by atoms with Crippen molar-refractivity contribution in [2.24, 2.45) is 5.73 Å². The van der Waals surface area contributed by atoms with E-state index < -0.39 is 0 Å². The van der Waals surface area contributed by atoms with Crippen LogP contribution in [0.5, 0.6) is 0 Å². The molecular formula is C13H21N5OS. The largest absolute Gasteiger partial charge is 0.382 e. The van der Waals surface area contributed by atoms with Crippen molar-refractivity contribution in [1.82, 2.24) is 9.88 Å². The van der Waals surface area contributed by atoms with Crippen LogP contribution in [0.4, 0.5) is 10.9 Å². The Morgan fingerprint density at radius 1 is 1.70 bits per heavy atom. The van der Waals surface area contributed by atoms with Gasteiger partial charge in [0, 0.05) is 32.2 Å². The first-order valence-electron chi connectivity index (χ1n) is 6.73. The Kier molecular flexibility index (Phi) is 4.61. The lowest BCUT2D eigenvalue weighted by atomic mass is 10.3. The zero-order valence-electron chi connectivity index (χ0n) is 11.7. The number of aromatic nitrogens is 1. The standard InChI is InChI=1S/C13H21N5OS/c1-3-6-17(4-2)12(19)10-11(15)16-13(20-10)18-7-5-9(14)8-18/h3,9H,1,4-8,14-15H2,2H3. The Morgan fingerprint density at radius 2 is 2.45 bits per heavy atom. The topological polar surface area (TPSA) is 88.5 Å². The molecule has 4 N–H and O–H groups in total. The molecule has 20 heavy (non-hydrogen) atoms. The highest BCUT2D eigenvalue weighted by Crippen LogP contribution is 2.31. The summed E-state index contributed by atoms with van der Waals surface area (Å²) in [4.78, 5) is 21.0. The maximum atomic E-state index is 12.4. The SMILES string of the molecule is C=CCN(CC)C(=O)c1sc(N2CCC(N)C2)nc1N. The van der Waals surface area contributed by atoms with E-state index in [1.165, 1.54) is 11.3 Å². The summed E-state index contributed by atoms with van der Waals surface area (Å²) in [5.41, 5.74) is 11.8. The monoisotopic (exact) mass is 295 g/mol. The van der Waals surface area contributed by atoms with Gasteiger partial charge in [-0.2, -0.15) is 0 Å². The molecule has 1 aromatic rings. The quantitative estimate of drug-likeness (QED) is 0.788. The van der Waals surface area contributed by atoms with Crippen LogP contribution >= 0.6 is 11.3 Å². The first-order valence-corrected chi connectivity index (χ1v) is 7.55. The second-order valence-corrected chi connectivity index (χ2v) is 5.82. The molecule has 1 aromatic heterocycles. The summed E-state index contributed by atoms with van der Waals surface area (Å²) in [5, 5.41) is 0.786. The molecule has 1 amide bonds. The molecule has 2 rings (SSSR count). The third kappa shape index (κ3) is 2.94. The zero-order chi connectivity index (χ0) is 14.7. The van der Waals surface area contributed by atoms with Crippen LogP contribution in [0.15, 0.2) is 12.7 Å². The summed E-state index contributed by atoms with van der Waals surface area (Å²) in [6.07, 6.45) is 2.65. The molecular weight excluding hydrogens is 274 g/mol. The van der Waals surface area contributed by atoms with Gasteiger partial charge in [-0.05, 0) is 13.3 Å². The molecule has 6 nitrogen and oxygen atoms in total. The van der Waals surface area contributed by atoms with Crippen molar-refractivity contribution in [2.45, 2.75) is 19.4 Å². The van der Waals surface area contributed by atoms with Gasteiger partial charge in [0.05, 0.1) is 0 Å². The lowest BCUT2D eigenvalue weighted by Gasteiger charge is -2.17. The minimum absolute atomic E-state index is 0.0860. The number of carbonyl (C=O) groups is 1. The molecule has 7 heteroatoms. The van der Waals surface area contributed by atoms with Crippen LogP contribution in [0.3, 0.4) is 0 Å². The van der Waals surface area contributed by atoms with E-state index in [2.05, 4.69) is 16.5 Å². The number of likely N-dealkylation sites (N-methyl/N-ethyl adjacent to an activating group) is 1. The van der Waals surface area contributed by atoms with E-state index in [0.29, 0.717) is 23.8 Å². The van der Waals surface area contributed by atoms with Gasteiger partial charge in [-0.1, -0.05) is 17.4 Å². The number of thiazole rings is 1. The lowest BCUT2D eigenvalue weighted by Crippen LogP contribution is -2.30. The van der Waals surface area contributed by atoms with Crippen molar-refractivity contribution >= 4 is 28.2 Å². The van der Waals surface area contributed by atoms with Gasteiger partial charge in [0.1, 0.15) is 10.7 Å². The second kappa shape index (κ2) is 6.23. The molecule has 1 unspecified atom stereocenters. The predicted molar refractivity (Wildman–Crippen MR) is 83.1 cm³/mol. The van der Waals surface area contributed by atoms with Crippen molar-refractivity contribution in [3.8, 4) is 0 Å². The maximum Gasteiger partial charge on any atom is 0.268 e. The van der Waals surface area contributed by atoms with E-state index in [1.54, 1.807) is 11.0 Å². The number of carbonyl (C=O) groups excluding carboxylic acids is 1. The van der Waals surface area contributed by atoms with Crippen LogP contribution in [0.25, 0.3) is 0 Å². The number of nitrogen functional groups attached to an aromatic ring is 1. The van der Waals surface area contributed by atoms with Gasteiger partial charge in [-0.3, -0.25) is 4.79 Å². The maximum absolute atomic E-state index is 12.4. The number of hydrogen-bond donors (Lipinski definition) is 2. The predicted octanol–water partition coefficient (Wildman–Crippen LogP) is 0.911. The van der Waals surface area contributed by atoms with Crippen LogP contribution in [-0.4, -0.2) is 48.0 Å². The Labute approximate surface area is 123 Å². The summed E-state index contributed by atoms with van der Waals surface area (Å²) in [5.74, 6) is 0.218. The van der Waals surface area contributed by atoms with E-state index in [0.717, 1.165) is 24.6 Å². The molecule has 2 heterocycles. The van der Waals surface area contributed by atoms with Gasteiger partial charge in [0.15, 0.2) is 5.13 Å². The van der Waals surface area contributed by atoms with Crippen LogP contribution < -0.4 is 16.4 Å².